The summed E-state index contributed by atoms with van der Waals surface area (Å²) in [5, 5.41) is 0. The third-order valence-corrected chi connectivity index (χ3v) is 5.06. The summed E-state index contributed by atoms with van der Waals surface area (Å²) in [6.07, 6.45) is 5.89. The monoisotopic (exact) mass is 396 g/mol. The summed E-state index contributed by atoms with van der Waals surface area (Å²) >= 11 is 0. The highest BCUT2D eigenvalue weighted by atomic mass is 16.5. The molecule has 1 aliphatic rings. The van der Waals surface area contributed by atoms with E-state index in [0.29, 0.717) is 25.5 Å². The minimum absolute atomic E-state index is 0.00491. The first kappa shape index (κ1) is 20.8. The van der Waals surface area contributed by atoms with Gasteiger partial charge in [-0.05, 0) is 44.7 Å². The number of benzene rings is 1. The molecule has 7 heteroatoms. The number of anilines is 1. The quantitative estimate of drug-likeness (QED) is 0.670. The Bertz CT molecular complexity index is 798. The number of carbonyl (C=O) groups excluding carboxylic acids is 2. The molecule has 0 spiro atoms. The summed E-state index contributed by atoms with van der Waals surface area (Å²) < 4.78 is 5.44. The van der Waals surface area contributed by atoms with E-state index in [1.807, 2.05) is 49.1 Å². The number of piperidine rings is 1. The van der Waals surface area contributed by atoms with E-state index in [0.717, 1.165) is 18.4 Å². The van der Waals surface area contributed by atoms with Gasteiger partial charge in [0.2, 0.25) is 5.95 Å². The molecule has 1 amide bonds. The van der Waals surface area contributed by atoms with Crippen LogP contribution in [0.25, 0.3) is 0 Å². The molecule has 0 saturated carbocycles. The van der Waals surface area contributed by atoms with Crippen LogP contribution >= 0.6 is 0 Å². The minimum atomic E-state index is -0.458. The number of amides is 1. The van der Waals surface area contributed by atoms with Gasteiger partial charge in [0.25, 0.3) is 5.91 Å². The summed E-state index contributed by atoms with van der Waals surface area (Å²) in [6.45, 7) is 4.84. The lowest BCUT2D eigenvalue weighted by atomic mass is 10.0. The van der Waals surface area contributed by atoms with Gasteiger partial charge in [-0.15, -0.1) is 0 Å². The van der Waals surface area contributed by atoms with Gasteiger partial charge in [-0.25, -0.2) is 14.8 Å². The average molecular weight is 396 g/mol. The van der Waals surface area contributed by atoms with Crippen LogP contribution < -0.4 is 4.90 Å². The Labute approximate surface area is 171 Å². The second-order valence-electron chi connectivity index (χ2n) is 7.46. The maximum atomic E-state index is 12.7. The van der Waals surface area contributed by atoms with E-state index in [1.54, 1.807) is 23.4 Å². The van der Waals surface area contributed by atoms with Crippen molar-refractivity contribution in [2.45, 2.75) is 51.7 Å². The second-order valence-corrected chi connectivity index (χ2v) is 7.46. The summed E-state index contributed by atoms with van der Waals surface area (Å²) in [5.74, 6) is -0.0715. The van der Waals surface area contributed by atoms with E-state index in [1.165, 1.54) is 0 Å². The van der Waals surface area contributed by atoms with Gasteiger partial charge in [-0.3, -0.25) is 4.79 Å². The van der Waals surface area contributed by atoms with Gasteiger partial charge in [-0.2, -0.15) is 0 Å². The number of hydrogen-bond donors (Lipinski definition) is 0. The van der Waals surface area contributed by atoms with Crippen molar-refractivity contribution in [1.29, 1.82) is 0 Å². The lowest BCUT2D eigenvalue weighted by Gasteiger charge is -2.34. The van der Waals surface area contributed by atoms with E-state index in [4.69, 9.17) is 4.74 Å². The predicted octanol–water partition coefficient (Wildman–Crippen LogP) is 2.82. The van der Waals surface area contributed by atoms with E-state index in [-0.39, 0.29) is 18.6 Å². The summed E-state index contributed by atoms with van der Waals surface area (Å²) in [4.78, 5) is 37.6. The Hall–Kier alpha value is -2.96. The van der Waals surface area contributed by atoms with Gasteiger partial charge >= 0.3 is 5.97 Å². The van der Waals surface area contributed by atoms with Gasteiger partial charge < -0.3 is 14.5 Å². The molecule has 0 radical (unpaired) electrons. The number of hydrogen-bond acceptors (Lipinski definition) is 6. The van der Waals surface area contributed by atoms with Gasteiger partial charge in [0.05, 0.1) is 0 Å². The zero-order valence-electron chi connectivity index (χ0n) is 17.0. The zero-order valence-corrected chi connectivity index (χ0v) is 17.0. The molecule has 0 aliphatic carbocycles. The molecule has 1 aromatic heterocycles. The molecule has 2 aromatic rings. The lowest BCUT2D eigenvalue weighted by molar-refractivity contribution is -0.154. The fourth-order valence-corrected chi connectivity index (χ4v) is 3.51. The first-order valence-electron chi connectivity index (χ1n) is 10.1. The van der Waals surface area contributed by atoms with Crippen LogP contribution in [0.15, 0.2) is 48.8 Å². The number of rotatable bonds is 7. The lowest BCUT2D eigenvalue weighted by Crippen LogP contribution is -2.47. The molecule has 1 aliphatic heterocycles. The van der Waals surface area contributed by atoms with Crippen LogP contribution in [0, 0.1) is 0 Å². The fraction of sp³-hybridized carbons (Fsp3) is 0.455. The van der Waals surface area contributed by atoms with Crippen molar-refractivity contribution in [2.24, 2.45) is 0 Å². The van der Waals surface area contributed by atoms with E-state index >= 15 is 0 Å². The molecule has 1 aromatic carbocycles. The number of ether oxygens (including phenoxy) is 1. The minimum Gasteiger partial charge on any atom is -0.454 e. The van der Waals surface area contributed by atoms with Gasteiger partial charge in [-0.1, -0.05) is 30.3 Å². The molecule has 7 nitrogen and oxygen atoms in total. The predicted molar refractivity (Wildman–Crippen MR) is 110 cm³/mol. The molecule has 29 heavy (non-hydrogen) atoms. The van der Waals surface area contributed by atoms with Crippen molar-refractivity contribution in [3.63, 3.8) is 0 Å². The molecule has 0 bridgehead atoms. The smallest absolute Gasteiger partial charge is 0.329 e. The highest BCUT2D eigenvalue weighted by molar-refractivity contribution is 5.84. The number of aromatic nitrogens is 2. The Balaban J connectivity index is 1.61. The molecule has 1 unspecified atom stereocenters. The third kappa shape index (κ3) is 5.53. The first-order valence-corrected chi connectivity index (χ1v) is 10.1. The highest BCUT2D eigenvalue weighted by Gasteiger charge is 2.32. The molecule has 2 heterocycles. The molecule has 0 N–H and O–H groups in total. The summed E-state index contributed by atoms with van der Waals surface area (Å²) in [6, 6.07) is 11.1. The first-order chi connectivity index (χ1) is 14.1. The summed E-state index contributed by atoms with van der Waals surface area (Å²) in [7, 11) is 0. The summed E-state index contributed by atoms with van der Waals surface area (Å²) in [5.41, 5.74) is 1.04. The maximum Gasteiger partial charge on any atom is 0.329 e. The molecule has 1 atom stereocenters. The van der Waals surface area contributed by atoms with Crippen molar-refractivity contribution >= 4 is 17.8 Å². The molecule has 3 rings (SSSR count). The molecular formula is C22H28N4O3. The molecule has 154 valence electrons. The van der Waals surface area contributed by atoms with Crippen LogP contribution in [0.3, 0.4) is 0 Å². The third-order valence-electron chi connectivity index (χ3n) is 5.06. The van der Waals surface area contributed by atoms with Crippen LogP contribution in [0.4, 0.5) is 5.95 Å². The standard InChI is InChI=1S/C22H28N4O3/c1-17(2)26(15-18-9-4-3-5-10-18)20(27)16-29-21(28)19-11-6-7-14-25(19)22-23-12-8-13-24-22/h3-5,8-10,12-13,17,19H,6-7,11,14-16H2,1-2H3. The van der Waals surface area contributed by atoms with Crippen LogP contribution in [0.5, 0.6) is 0 Å². The molecule has 1 fully saturated rings. The Morgan fingerprint density at radius 2 is 1.86 bits per heavy atom. The van der Waals surface area contributed by atoms with Gasteiger partial charge in [0, 0.05) is 31.5 Å². The maximum absolute atomic E-state index is 12.7. The fourth-order valence-electron chi connectivity index (χ4n) is 3.51. The van der Waals surface area contributed by atoms with Crippen LogP contribution in [0.1, 0.15) is 38.7 Å². The average Bonchev–Trinajstić information content (AvgIpc) is 2.76. The molecule has 1 saturated heterocycles. The van der Waals surface area contributed by atoms with E-state index < -0.39 is 12.0 Å². The van der Waals surface area contributed by atoms with Crippen molar-refractivity contribution in [2.75, 3.05) is 18.1 Å². The number of carbonyl (C=O) groups is 2. The van der Waals surface area contributed by atoms with Crippen molar-refractivity contribution < 1.29 is 14.3 Å². The van der Waals surface area contributed by atoms with Crippen LogP contribution in [-0.2, 0) is 20.9 Å². The topological polar surface area (TPSA) is 75.6 Å². The normalized spacial score (nSPS) is 16.5. The highest BCUT2D eigenvalue weighted by Crippen LogP contribution is 2.22. The van der Waals surface area contributed by atoms with E-state index in [9.17, 15) is 9.59 Å². The largest absolute Gasteiger partial charge is 0.454 e. The SMILES string of the molecule is CC(C)N(Cc1ccccc1)C(=O)COC(=O)C1CCCCN1c1ncccn1. The van der Waals surface area contributed by atoms with Crippen molar-refractivity contribution in [3.05, 3.63) is 54.4 Å². The Morgan fingerprint density at radius 1 is 1.14 bits per heavy atom. The van der Waals surface area contributed by atoms with Crippen molar-refractivity contribution in [1.82, 2.24) is 14.9 Å². The van der Waals surface area contributed by atoms with Crippen LogP contribution in [-0.4, -0.2) is 52.0 Å². The van der Waals surface area contributed by atoms with Gasteiger partial charge in [0.15, 0.2) is 6.61 Å². The van der Waals surface area contributed by atoms with E-state index in [2.05, 4.69) is 9.97 Å². The zero-order chi connectivity index (χ0) is 20.6. The number of esters is 1. The van der Waals surface area contributed by atoms with Crippen molar-refractivity contribution in [3.8, 4) is 0 Å². The second kappa shape index (κ2) is 10.0. The molecular weight excluding hydrogens is 368 g/mol. The number of nitrogens with zero attached hydrogens (tertiary/aromatic N) is 4. The van der Waals surface area contributed by atoms with Crippen LogP contribution in [0.2, 0.25) is 0 Å². The Morgan fingerprint density at radius 3 is 2.55 bits per heavy atom. The van der Waals surface area contributed by atoms with Gasteiger partial charge in [0.1, 0.15) is 6.04 Å². The Kier molecular flexibility index (Phi) is 7.16.